The molecule has 2 heterocycles. The number of ether oxygens (including phenoxy) is 3. The molecule has 0 N–H and O–H groups in total. The average molecular weight is 412 g/mol. The predicted octanol–water partition coefficient (Wildman–Crippen LogP) is 3.44. The molecule has 0 saturated carbocycles. The van der Waals surface area contributed by atoms with Gasteiger partial charge in [0, 0.05) is 10.5 Å². The van der Waals surface area contributed by atoms with Gasteiger partial charge in [-0.3, -0.25) is 4.79 Å². The largest absolute Gasteiger partial charge is 0.454 e. The number of benzene rings is 2. The van der Waals surface area contributed by atoms with Gasteiger partial charge in [-0.05, 0) is 37.3 Å². The van der Waals surface area contributed by atoms with Crippen LogP contribution in [0, 0.1) is 6.92 Å². The van der Waals surface area contributed by atoms with Crippen LogP contribution in [0.3, 0.4) is 0 Å². The van der Waals surface area contributed by atoms with E-state index < -0.39 is 5.97 Å². The van der Waals surface area contributed by atoms with E-state index in [1.807, 2.05) is 6.07 Å². The van der Waals surface area contributed by atoms with E-state index >= 15 is 0 Å². The summed E-state index contributed by atoms with van der Waals surface area (Å²) in [6.07, 6.45) is 0. The molecule has 1 aliphatic rings. The lowest BCUT2D eigenvalue weighted by Gasteiger charge is -2.08. The third-order valence-electron chi connectivity index (χ3n) is 4.06. The minimum absolute atomic E-state index is 0.125. The zero-order chi connectivity index (χ0) is 20.2. The lowest BCUT2D eigenvalue weighted by Crippen LogP contribution is -2.15. The second-order valence-electron chi connectivity index (χ2n) is 6.09. The monoisotopic (exact) mass is 412 g/mol. The summed E-state index contributed by atoms with van der Waals surface area (Å²) in [7, 11) is 0. The van der Waals surface area contributed by atoms with Gasteiger partial charge >= 0.3 is 5.97 Å². The molecule has 2 aromatic carbocycles. The minimum atomic E-state index is -0.580. The van der Waals surface area contributed by atoms with Gasteiger partial charge in [-0.15, -0.1) is 11.8 Å². The Labute approximate surface area is 170 Å². The van der Waals surface area contributed by atoms with Crippen molar-refractivity contribution in [3.63, 3.8) is 0 Å². The SMILES string of the molecule is Cc1noc(CSc2ccccc2C(=O)OCC(=O)c2ccc3c(c2)OCO3)n1. The summed E-state index contributed by atoms with van der Waals surface area (Å²) in [4.78, 5) is 29.7. The molecule has 29 heavy (non-hydrogen) atoms. The average Bonchev–Trinajstić information content (AvgIpc) is 3.38. The molecule has 1 aromatic heterocycles. The molecule has 0 bridgehead atoms. The Balaban J connectivity index is 1.38. The second kappa shape index (κ2) is 8.36. The van der Waals surface area contributed by atoms with Crippen LogP contribution in [0.2, 0.25) is 0 Å². The van der Waals surface area contributed by atoms with E-state index in [9.17, 15) is 9.59 Å². The maximum absolute atomic E-state index is 12.5. The summed E-state index contributed by atoms with van der Waals surface area (Å²) in [6.45, 7) is 1.49. The minimum Gasteiger partial charge on any atom is -0.454 e. The first-order chi connectivity index (χ1) is 14.1. The van der Waals surface area contributed by atoms with E-state index in [1.165, 1.54) is 11.8 Å². The number of hydrogen-bond donors (Lipinski definition) is 0. The highest BCUT2D eigenvalue weighted by molar-refractivity contribution is 7.98. The summed E-state index contributed by atoms with van der Waals surface area (Å²) in [5, 5.41) is 3.74. The van der Waals surface area contributed by atoms with E-state index in [4.69, 9.17) is 18.7 Å². The molecule has 0 amide bonds. The number of ketones is 1. The highest BCUT2D eigenvalue weighted by Gasteiger charge is 2.19. The van der Waals surface area contributed by atoms with Crippen LogP contribution in [0.4, 0.5) is 0 Å². The third kappa shape index (κ3) is 4.40. The fourth-order valence-electron chi connectivity index (χ4n) is 2.66. The summed E-state index contributed by atoms with van der Waals surface area (Å²) in [5.41, 5.74) is 0.753. The van der Waals surface area contributed by atoms with E-state index in [1.54, 1.807) is 43.3 Å². The van der Waals surface area contributed by atoms with Gasteiger partial charge in [0.15, 0.2) is 29.7 Å². The van der Waals surface area contributed by atoms with E-state index in [0.29, 0.717) is 45.0 Å². The Morgan fingerprint density at radius 2 is 1.97 bits per heavy atom. The number of aryl methyl sites for hydroxylation is 1. The fourth-order valence-corrected chi connectivity index (χ4v) is 3.54. The number of thioether (sulfide) groups is 1. The number of carbonyl (C=O) groups excluding carboxylic acids is 2. The van der Waals surface area contributed by atoms with Crippen LogP contribution in [0.1, 0.15) is 32.4 Å². The van der Waals surface area contributed by atoms with Crippen LogP contribution < -0.4 is 9.47 Å². The van der Waals surface area contributed by atoms with Gasteiger partial charge in [0.05, 0.1) is 11.3 Å². The number of carbonyl (C=O) groups is 2. The molecule has 1 aliphatic heterocycles. The molecule has 3 aromatic rings. The van der Waals surface area contributed by atoms with E-state index in [0.717, 1.165) is 0 Å². The first kappa shape index (κ1) is 19.0. The van der Waals surface area contributed by atoms with Crippen molar-refractivity contribution < 1.29 is 28.3 Å². The van der Waals surface area contributed by atoms with Crippen LogP contribution in [-0.4, -0.2) is 35.3 Å². The van der Waals surface area contributed by atoms with Crippen LogP contribution in [0.25, 0.3) is 0 Å². The zero-order valence-electron chi connectivity index (χ0n) is 15.4. The van der Waals surface area contributed by atoms with Gasteiger partial charge in [-0.25, -0.2) is 4.79 Å². The standard InChI is InChI=1S/C20H16N2O6S/c1-12-21-19(28-22-12)10-29-18-5-3-2-4-14(18)20(24)25-9-15(23)13-6-7-16-17(8-13)27-11-26-16/h2-8H,9-11H2,1H3. The van der Waals surface area contributed by atoms with Gasteiger partial charge < -0.3 is 18.7 Å². The van der Waals surface area contributed by atoms with Crippen molar-refractivity contribution in [3.8, 4) is 11.5 Å². The normalized spacial score (nSPS) is 12.0. The number of Topliss-reactive ketones (excluding diaryl/α,β-unsaturated/α-hetero) is 1. The molecule has 0 atom stereocenters. The molecule has 0 radical (unpaired) electrons. The van der Waals surface area contributed by atoms with E-state index in [2.05, 4.69) is 10.1 Å². The molecule has 148 valence electrons. The first-order valence-corrected chi connectivity index (χ1v) is 9.70. The predicted molar refractivity (Wildman–Crippen MR) is 102 cm³/mol. The van der Waals surface area contributed by atoms with E-state index in [-0.39, 0.29) is 19.2 Å². The third-order valence-corrected chi connectivity index (χ3v) is 5.11. The van der Waals surface area contributed by atoms with Crippen LogP contribution in [-0.2, 0) is 10.5 Å². The Bertz CT molecular complexity index is 1060. The molecule has 8 nitrogen and oxygen atoms in total. The van der Waals surface area contributed by atoms with Crippen LogP contribution in [0.15, 0.2) is 51.9 Å². The van der Waals surface area contributed by atoms with Gasteiger partial charge in [0.1, 0.15) is 0 Å². The number of hydrogen-bond acceptors (Lipinski definition) is 9. The molecular weight excluding hydrogens is 396 g/mol. The Kier molecular flexibility index (Phi) is 5.48. The number of aromatic nitrogens is 2. The molecule has 4 rings (SSSR count). The second-order valence-corrected chi connectivity index (χ2v) is 7.10. The lowest BCUT2D eigenvalue weighted by molar-refractivity contribution is 0.0471. The highest BCUT2D eigenvalue weighted by Crippen LogP contribution is 2.32. The van der Waals surface area contributed by atoms with Gasteiger partial charge in [0.2, 0.25) is 12.7 Å². The Morgan fingerprint density at radius 1 is 1.14 bits per heavy atom. The zero-order valence-corrected chi connectivity index (χ0v) is 16.2. The Hall–Kier alpha value is -3.33. The molecule has 0 unspecified atom stereocenters. The topological polar surface area (TPSA) is 101 Å². The van der Waals surface area contributed by atoms with Crippen LogP contribution >= 0.6 is 11.8 Å². The van der Waals surface area contributed by atoms with Crippen molar-refractivity contribution >= 4 is 23.5 Å². The molecule has 0 spiro atoms. The quantitative estimate of drug-likeness (QED) is 0.328. The van der Waals surface area contributed by atoms with Crippen molar-refractivity contribution in [1.29, 1.82) is 0 Å². The van der Waals surface area contributed by atoms with Gasteiger partial charge in [-0.1, -0.05) is 17.3 Å². The van der Waals surface area contributed by atoms with Gasteiger partial charge in [0.25, 0.3) is 0 Å². The smallest absolute Gasteiger partial charge is 0.339 e. The van der Waals surface area contributed by atoms with Crippen molar-refractivity contribution in [2.24, 2.45) is 0 Å². The number of rotatable bonds is 7. The number of nitrogens with zero attached hydrogens (tertiary/aromatic N) is 2. The van der Waals surface area contributed by atoms with Crippen molar-refractivity contribution in [3.05, 3.63) is 65.3 Å². The molecule has 9 heteroatoms. The maximum Gasteiger partial charge on any atom is 0.339 e. The molecular formula is C20H16N2O6S. The molecule has 0 aliphatic carbocycles. The summed E-state index contributed by atoms with van der Waals surface area (Å²) in [5.74, 6) is 1.61. The molecule has 0 saturated heterocycles. The van der Waals surface area contributed by atoms with Gasteiger partial charge in [-0.2, -0.15) is 4.98 Å². The molecule has 0 fully saturated rings. The Morgan fingerprint density at radius 3 is 2.79 bits per heavy atom. The summed E-state index contributed by atoms with van der Waals surface area (Å²) in [6, 6.07) is 11.8. The van der Waals surface area contributed by atoms with Crippen LogP contribution in [0.5, 0.6) is 11.5 Å². The number of esters is 1. The number of fused-ring (bicyclic) bond motifs is 1. The maximum atomic E-state index is 12.5. The lowest BCUT2D eigenvalue weighted by atomic mass is 10.1. The first-order valence-electron chi connectivity index (χ1n) is 8.71. The van der Waals surface area contributed by atoms with Crippen molar-refractivity contribution in [2.75, 3.05) is 13.4 Å². The van der Waals surface area contributed by atoms with Crippen molar-refractivity contribution in [2.45, 2.75) is 17.6 Å². The fraction of sp³-hybridized carbons (Fsp3) is 0.200. The van der Waals surface area contributed by atoms with Crippen molar-refractivity contribution in [1.82, 2.24) is 10.1 Å². The summed E-state index contributed by atoms with van der Waals surface area (Å²) >= 11 is 1.37. The summed E-state index contributed by atoms with van der Waals surface area (Å²) < 4.78 is 20.8. The highest BCUT2D eigenvalue weighted by atomic mass is 32.2.